The van der Waals surface area contributed by atoms with Crippen molar-refractivity contribution in [3.8, 4) is 0 Å². The quantitative estimate of drug-likeness (QED) is 0.0264. The first-order chi connectivity index (χ1) is 48.7. The number of ether oxygens (including phenoxy) is 3. The predicted molar refractivity (Wildman–Crippen MR) is 397 cm³/mol. The Kier molecular flexibility index (Phi) is 23.0. The van der Waals surface area contributed by atoms with Gasteiger partial charge in [-0.3, -0.25) is 28.8 Å². The number of nitrogens with zero attached hydrogens (tertiary/aromatic N) is 3. The van der Waals surface area contributed by atoms with Gasteiger partial charge in [0, 0.05) is 68.2 Å². The molecule has 0 spiro atoms. The van der Waals surface area contributed by atoms with Crippen molar-refractivity contribution in [1.82, 2.24) is 13.7 Å². The zero-order valence-electron chi connectivity index (χ0n) is 58.2. The zero-order valence-corrected chi connectivity index (χ0v) is 60.9. The molecule has 0 amide bonds. The smallest absolute Gasteiger partial charge is 0.336 e. The highest BCUT2D eigenvalue weighted by atomic mass is 31.2. The van der Waals surface area contributed by atoms with E-state index in [0.717, 1.165) is 0 Å². The molecular formula is C81H78N3O15P3. The molecule has 0 N–H and O–H groups in total. The number of esters is 3. The van der Waals surface area contributed by atoms with Crippen LogP contribution in [0, 0.1) is 62.3 Å². The average Bonchev–Trinajstić information content (AvgIpc) is 0.759. The summed E-state index contributed by atoms with van der Waals surface area (Å²) < 4.78 is 65.0. The summed E-state index contributed by atoms with van der Waals surface area (Å²) in [7, 11) is -11.9. The van der Waals surface area contributed by atoms with Crippen LogP contribution in [-0.4, -0.2) is 48.2 Å². The molecule has 102 heavy (non-hydrogen) atoms. The van der Waals surface area contributed by atoms with E-state index >= 15 is 13.7 Å². The third kappa shape index (κ3) is 14.8. The highest BCUT2D eigenvalue weighted by molar-refractivity contribution is 7.94. The molecule has 1 aromatic heterocycles. The molecule has 0 aliphatic heterocycles. The number of rotatable bonds is 27. The highest BCUT2D eigenvalue weighted by Crippen LogP contribution is 2.51. The molecule has 10 rings (SSSR count). The molecule has 0 saturated heterocycles. The van der Waals surface area contributed by atoms with E-state index < -0.39 is 112 Å². The fourth-order valence-corrected chi connectivity index (χ4v) is 21.2. The van der Waals surface area contributed by atoms with Gasteiger partial charge in [0.2, 0.25) is 38.0 Å². The molecule has 0 unspecified atom stereocenters. The van der Waals surface area contributed by atoms with Gasteiger partial charge in [0.1, 0.15) is 19.8 Å². The minimum atomic E-state index is -3.97. The molecule has 21 heteroatoms. The van der Waals surface area contributed by atoms with Gasteiger partial charge in [-0.15, -0.1) is 0 Å². The Morgan fingerprint density at radius 3 is 0.667 bits per heavy atom. The lowest BCUT2D eigenvalue weighted by molar-refractivity contribution is -0.146. The van der Waals surface area contributed by atoms with E-state index in [2.05, 4.69) is 0 Å². The van der Waals surface area contributed by atoms with Crippen LogP contribution in [-0.2, 0) is 81.7 Å². The Morgan fingerprint density at radius 1 is 0.294 bits per heavy atom. The molecular weight excluding hydrogens is 1350 g/mol. The summed E-state index contributed by atoms with van der Waals surface area (Å²) in [6, 6.07) is 56.1. The van der Waals surface area contributed by atoms with Crippen molar-refractivity contribution < 1.29 is 56.7 Å². The number of aryl methyl sites for hydroxylation is 6. The van der Waals surface area contributed by atoms with Gasteiger partial charge in [0.15, 0.2) is 0 Å². The third-order valence-corrected chi connectivity index (χ3v) is 27.3. The maximum absolute atomic E-state index is 15.3. The van der Waals surface area contributed by atoms with Crippen LogP contribution < -0.4 is 48.9 Å². The number of carbonyl (C=O) groups is 6. The monoisotopic (exact) mass is 1430 g/mol. The van der Waals surface area contributed by atoms with Gasteiger partial charge < -0.3 is 27.9 Å². The van der Waals surface area contributed by atoms with E-state index in [1.807, 2.05) is 0 Å². The van der Waals surface area contributed by atoms with Crippen molar-refractivity contribution in [2.45, 2.75) is 121 Å². The molecule has 0 aliphatic rings. The molecule has 522 valence electrons. The van der Waals surface area contributed by atoms with Gasteiger partial charge >= 0.3 is 35.0 Å². The van der Waals surface area contributed by atoms with Crippen molar-refractivity contribution in [2.75, 3.05) is 0 Å². The maximum atomic E-state index is 15.3. The van der Waals surface area contributed by atoms with Crippen LogP contribution in [0.25, 0.3) is 0 Å². The molecule has 0 bridgehead atoms. The van der Waals surface area contributed by atoms with E-state index in [9.17, 15) is 43.2 Å². The van der Waals surface area contributed by atoms with Crippen molar-refractivity contribution >= 4 is 87.7 Å². The Balaban J connectivity index is 0.906. The Hall–Kier alpha value is -10.5. The normalized spacial score (nSPS) is 11.6. The standard InChI is InChI=1S/C81H78N3O15P3/c1-52-46-55(4)73(76(88)100(94,61-28-16-10-17-29-61)62-30-18-11-19-31-62)58(7)67(52)49-97-70(85)40-43-82-79(91)83(44-41-71(86)98-50-68-53(2)47-56(5)74(59(68)8)77(89)101(95,63-32-20-12-21-33-63)64-34-22-13-23-35-64)81(93)84(80(82)92)45-42-72(87)99-51-69-54(3)48-57(6)75(60(69)9)78(90)102(96,65-36-24-14-25-37-65)66-38-26-15-27-39-66/h10-39,46-48H,40-45,49-51H2,1-9H3. The molecule has 0 aliphatic carbocycles. The van der Waals surface area contributed by atoms with Crippen LogP contribution in [0.2, 0.25) is 0 Å². The molecule has 0 fully saturated rings. The average molecular weight is 1430 g/mol. The number of hydrogen-bond donors (Lipinski definition) is 0. The fourth-order valence-electron chi connectivity index (χ4n) is 13.3. The topological polar surface area (TPSA) is 247 Å². The lowest BCUT2D eigenvalue weighted by atomic mass is 9.94. The summed E-state index contributed by atoms with van der Waals surface area (Å²) in [4.78, 5) is 130. The van der Waals surface area contributed by atoms with E-state index in [0.29, 0.717) is 112 Å². The molecule has 10 aromatic rings. The first kappa shape index (κ1) is 74.2. The minimum Gasteiger partial charge on any atom is -0.461 e. The van der Waals surface area contributed by atoms with Gasteiger partial charge in [-0.1, -0.05) is 200 Å². The SMILES string of the molecule is Cc1cc(C)c(C(=O)P(=O)(c2ccccc2)c2ccccc2)c(C)c1COC(=O)CCn1c(=O)n(CCC(=O)OCc2c(C)cc(C)c(C(=O)P(=O)(c3ccccc3)c3ccccc3)c2C)c(=O)n(CCC(=O)OCc2c(C)cc(C)c(C(=O)P(=O)(c3ccccc3)c3ccccc3)c2C)c1=O. The van der Waals surface area contributed by atoms with Crippen molar-refractivity contribution in [3.05, 3.63) is 315 Å². The van der Waals surface area contributed by atoms with E-state index in [4.69, 9.17) is 14.2 Å². The van der Waals surface area contributed by atoms with Gasteiger partial charge in [-0.2, -0.15) is 0 Å². The first-order valence-electron chi connectivity index (χ1n) is 33.2. The van der Waals surface area contributed by atoms with Crippen molar-refractivity contribution in [1.29, 1.82) is 0 Å². The first-order valence-corrected chi connectivity index (χ1v) is 38.4. The minimum absolute atomic E-state index is 0.194. The summed E-state index contributed by atoms with van der Waals surface area (Å²) in [5.41, 5.74) is 1.41. The van der Waals surface area contributed by atoms with Gasteiger partial charge in [0.05, 0.1) is 19.3 Å². The van der Waals surface area contributed by atoms with Crippen molar-refractivity contribution in [2.24, 2.45) is 0 Å². The fraction of sp³-hybridized carbons (Fsp3) is 0.222. The van der Waals surface area contributed by atoms with Gasteiger partial charge in [-0.25, -0.2) is 28.1 Å². The van der Waals surface area contributed by atoms with Gasteiger partial charge in [-0.05, 0) is 129 Å². The Morgan fingerprint density at radius 2 is 0.480 bits per heavy atom. The molecule has 18 nitrogen and oxygen atoms in total. The number of carbonyl (C=O) groups excluding carboxylic acids is 6. The number of benzene rings is 9. The lowest BCUT2D eigenvalue weighted by Gasteiger charge is -2.22. The molecule has 0 radical (unpaired) electrons. The van der Waals surface area contributed by atoms with E-state index in [1.165, 1.54) is 0 Å². The van der Waals surface area contributed by atoms with E-state index in [-0.39, 0.29) is 36.5 Å². The van der Waals surface area contributed by atoms with Crippen LogP contribution in [0.5, 0.6) is 0 Å². The summed E-state index contributed by atoms with van der Waals surface area (Å²) >= 11 is 0. The van der Waals surface area contributed by atoms with Crippen LogP contribution >= 0.6 is 21.4 Å². The van der Waals surface area contributed by atoms with Crippen LogP contribution in [0.3, 0.4) is 0 Å². The van der Waals surface area contributed by atoms with Gasteiger partial charge in [0.25, 0.3) is 0 Å². The number of hydrogen-bond acceptors (Lipinski definition) is 15. The predicted octanol–water partition coefficient (Wildman–Crippen LogP) is 11.8. The third-order valence-electron chi connectivity index (χ3n) is 18.7. The number of aromatic nitrogens is 3. The zero-order chi connectivity index (χ0) is 73.4. The van der Waals surface area contributed by atoms with Crippen LogP contribution in [0.15, 0.2) is 215 Å². The second kappa shape index (κ2) is 31.6. The second-order valence-corrected chi connectivity index (χ2v) is 33.2. The Bertz CT molecular complexity index is 4590. The molecule has 0 saturated carbocycles. The Labute approximate surface area is 591 Å². The van der Waals surface area contributed by atoms with Crippen LogP contribution in [0.4, 0.5) is 0 Å². The molecule has 1 heterocycles. The second-order valence-electron chi connectivity index (χ2n) is 25.3. The van der Waals surface area contributed by atoms with Crippen molar-refractivity contribution in [3.63, 3.8) is 0 Å². The molecule has 0 atom stereocenters. The van der Waals surface area contributed by atoms with E-state index in [1.54, 1.807) is 263 Å². The lowest BCUT2D eigenvalue weighted by Crippen LogP contribution is -2.55. The summed E-state index contributed by atoms with van der Waals surface area (Å²) in [5.74, 6) is -2.69. The van der Waals surface area contributed by atoms with Crippen LogP contribution in [0.1, 0.15) is 117 Å². The summed E-state index contributed by atoms with van der Waals surface area (Å²) in [6.07, 6.45) is -1.83. The molecule has 9 aromatic carbocycles. The largest absolute Gasteiger partial charge is 0.461 e. The highest BCUT2D eigenvalue weighted by Gasteiger charge is 2.42. The summed E-state index contributed by atoms with van der Waals surface area (Å²) in [6.45, 7) is 12.5. The maximum Gasteiger partial charge on any atom is 0.336 e. The summed E-state index contributed by atoms with van der Waals surface area (Å²) in [5, 5.41) is 2.04.